The molecule has 0 radical (unpaired) electrons. The number of ether oxygens (including phenoxy) is 1. The first-order valence-electron chi connectivity index (χ1n) is 5.55. The molecule has 0 spiro atoms. The van der Waals surface area contributed by atoms with Gasteiger partial charge in [0, 0.05) is 6.54 Å². The summed E-state index contributed by atoms with van der Waals surface area (Å²) in [7, 11) is 1.64. The van der Waals surface area contributed by atoms with Crippen molar-refractivity contribution in [3.63, 3.8) is 0 Å². The van der Waals surface area contributed by atoms with Crippen LogP contribution in [0.1, 0.15) is 23.6 Å². The lowest BCUT2D eigenvalue weighted by molar-refractivity contribution is -0.128. The van der Waals surface area contributed by atoms with Crippen LogP contribution < -0.4 is 10.1 Å². The minimum absolute atomic E-state index is 0.363. The van der Waals surface area contributed by atoms with Gasteiger partial charge in [-0.1, -0.05) is 6.07 Å². The van der Waals surface area contributed by atoms with Gasteiger partial charge in [-0.2, -0.15) is 0 Å². The number of aliphatic hydroxyl groups is 1. The Balaban J connectivity index is 2.79. The standard InChI is InChI=1S/C13H19NO3/c1-8-6-12(17-4)9(2)5-11(8)7-14-13(16)10(3)15/h5-6,10,15H,7H2,1-4H3,(H,14,16). The average Bonchev–Trinajstić information content (AvgIpc) is 2.29. The van der Waals surface area contributed by atoms with Crippen molar-refractivity contribution in [2.45, 2.75) is 33.4 Å². The van der Waals surface area contributed by atoms with Gasteiger partial charge in [-0.3, -0.25) is 4.79 Å². The summed E-state index contributed by atoms with van der Waals surface area (Å²) in [6.45, 7) is 5.78. The molecule has 4 nitrogen and oxygen atoms in total. The van der Waals surface area contributed by atoms with E-state index in [0.717, 1.165) is 22.4 Å². The third kappa shape index (κ3) is 3.46. The Hall–Kier alpha value is -1.55. The van der Waals surface area contributed by atoms with Crippen LogP contribution in [0.15, 0.2) is 12.1 Å². The molecule has 2 N–H and O–H groups in total. The summed E-state index contributed by atoms with van der Waals surface area (Å²) in [6, 6.07) is 3.93. The van der Waals surface area contributed by atoms with Gasteiger partial charge in [-0.15, -0.1) is 0 Å². The van der Waals surface area contributed by atoms with Gasteiger partial charge in [0.05, 0.1) is 7.11 Å². The summed E-state index contributed by atoms with van der Waals surface area (Å²) in [5, 5.41) is 11.7. The van der Waals surface area contributed by atoms with Crippen molar-refractivity contribution in [2.24, 2.45) is 0 Å². The Morgan fingerprint density at radius 1 is 1.41 bits per heavy atom. The van der Waals surface area contributed by atoms with E-state index in [1.165, 1.54) is 6.92 Å². The maximum atomic E-state index is 11.2. The second-order valence-corrected chi connectivity index (χ2v) is 4.14. The third-order valence-electron chi connectivity index (χ3n) is 2.69. The van der Waals surface area contributed by atoms with Gasteiger partial charge in [-0.05, 0) is 43.5 Å². The van der Waals surface area contributed by atoms with Crippen LogP contribution >= 0.6 is 0 Å². The summed E-state index contributed by atoms with van der Waals surface area (Å²) < 4.78 is 5.22. The zero-order chi connectivity index (χ0) is 13.0. The summed E-state index contributed by atoms with van der Waals surface area (Å²) in [4.78, 5) is 11.2. The van der Waals surface area contributed by atoms with E-state index in [2.05, 4.69) is 5.32 Å². The van der Waals surface area contributed by atoms with Crippen molar-refractivity contribution >= 4 is 5.91 Å². The number of nitrogens with one attached hydrogen (secondary N) is 1. The fraction of sp³-hybridized carbons (Fsp3) is 0.462. The molecule has 1 aromatic rings. The summed E-state index contributed by atoms with van der Waals surface area (Å²) in [5.41, 5.74) is 3.11. The highest BCUT2D eigenvalue weighted by atomic mass is 16.5. The van der Waals surface area contributed by atoms with Gasteiger partial charge >= 0.3 is 0 Å². The first-order chi connectivity index (χ1) is 7.95. The molecule has 4 heteroatoms. The topological polar surface area (TPSA) is 58.6 Å². The maximum absolute atomic E-state index is 11.2. The number of carbonyl (C=O) groups is 1. The Labute approximate surface area is 102 Å². The van der Waals surface area contributed by atoms with Crippen LogP contribution in [0.2, 0.25) is 0 Å². The van der Waals surface area contributed by atoms with E-state index in [4.69, 9.17) is 9.84 Å². The van der Waals surface area contributed by atoms with Gasteiger partial charge in [0.25, 0.3) is 0 Å². The molecule has 1 unspecified atom stereocenters. The van der Waals surface area contributed by atoms with Gasteiger partial charge < -0.3 is 15.2 Å². The molecule has 17 heavy (non-hydrogen) atoms. The van der Waals surface area contributed by atoms with Crippen molar-refractivity contribution in [1.29, 1.82) is 0 Å². The lowest BCUT2D eigenvalue weighted by atomic mass is 10.0. The van der Waals surface area contributed by atoms with Crippen LogP contribution in [-0.2, 0) is 11.3 Å². The molecule has 0 fully saturated rings. The Bertz CT molecular complexity index is 413. The number of aliphatic hydroxyl groups excluding tert-OH is 1. The molecule has 0 saturated carbocycles. The van der Waals surface area contributed by atoms with E-state index in [1.54, 1.807) is 7.11 Å². The van der Waals surface area contributed by atoms with Crippen LogP contribution in [-0.4, -0.2) is 24.2 Å². The van der Waals surface area contributed by atoms with E-state index in [1.807, 2.05) is 26.0 Å². The van der Waals surface area contributed by atoms with Crippen LogP contribution in [0, 0.1) is 13.8 Å². The lowest BCUT2D eigenvalue weighted by Crippen LogP contribution is -2.32. The summed E-state index contributed by atoms with van der Waals surface area (Å²) in [5.74, 6) is 0.478. The van der Waals surface area contributed by atoms with Crippen LogP contribution in [0.4, 0.5) is 0 Å². The first kappa shape index (κ1) is 13.5. The number of benzene rings is 1. The highest BCUT2D eigenvalue weighted by Gasteiger charge is 2.09. The van der Waals surface area contributed by atoms with E-state index >= 15 is 0 Å². The smallest absolute Gasteiger partial charge is 0.248 e. The second-order valence-electron chi connectivity index (χ2n) is 4.14. The molecular formula is C13H19NO3. The normalized spacial score (nSPS) is 12.1. The molecular weight excluding hydrogens is 218 g/mol. The number of hydrogen-bond donors (Lipinski definition) is 2. The van der Waals surface area contributed by atoms with Gasteiger partial charge in [-0.25, -0.2) is 0 Å². The van der Waals surface area contributed by atoms with Gasteiger partial charge in [0.2, 0.25) is 5.91 Å². The van der Waals surface area contributed by atoms with E-state index < -0.39 is 6.10 Å². The number of rotatable bonds is 4. The Morgan fingerprint density at radius 3 is 2.59 bits per heavy atom. The summed E-state index contributed by atoms with van der Waals surface area (Å²) in [6.07, 6.45) is -0.977. The van der Waals surface area contributed by atoms with Crippen LogP contribution in [0.3, 0.4) is 0 Å². The molecule has 0 aliphatic carbocycles. The number of aryl methyl sites for hydroxylation is 2. The molecule has 0 saturated heterocycles. The maximum Gasteiger partial charge on any atom is 0.248 e. The molecule has 1 aromatic carbocycles. The molecule has 0 aromatic heterocycles. The first-order valence-corrected chi connectivity index (χ1v) is 5.55. The Kier molecular flexibility index (Phi) is 4.52. The average molecular weight is 237 g/mol. The quantitative estimate of drug-likeness (QED) is 0.830. The molecule has 0 aliphatic rings. The van der Waals surface area contributed by atoms with E-state index in [0.29, 0.717) is 6.54 Å². The van der Waals surface area contributed by atoms with Crippen molar-refractivity contribution in [3.05, 3.63) is 28.8 Å². The number of amides is 1. The predicted octanol–water partition coefficient (Wildman–Crippen LogP) is 1.31. The van der Waals surface area contributed by atoms with Crippen LogP contribution in [0.5, 0.6) is 5.75 Å². The zero-order valence-corrected chi connectivity index (χ0v) is 10.7. The fourth-order valence-corrected chi connectivity index (χ4v) is 1.59. The molecule has 0 heterocycles. The molecule has 0 aliphatic heterocycles. The molecule has 0 bridgehead atoms. The molecule has 1 atom stereocenters. The summed E-state index contributed by atoms with van der Waals surface area (Å²) >= 11 is 0. The largest absolute Gasteiger partial charge is 0.496 e. The van der Waals surface area contributed by atoms with Crippen molar-refractivity contribution in [2.75, 3.05) is 7.11 Å². The highest BCUT2D eigenvalue weighted by Crippen LogP contribution is 2.22. The van der Waals surface area contributed by atoms with Crippen molar-refractivity contribution in [1.82, 2.24) is 5.32 Å². The minimum atomic E-state index is -0.977. The number of carbonyl (C=O) groups excluding carboxylic acids is 1. The lowest BCUT2D eigenvalue weighted by Gasteiger charge is -2.12. The monoisotopic (exact) mass is 237 g/mol. The number of hydrogen-bond acceptors (Lipinski definition) is 3. The number of methoxy groups -OCH3 is 1. The second kappa shape index (κ2) is 5.68. The van der Waals surface area contributed by atoms with Crippen molar-refractivity contribution < 1.29 is 14.6 Å². The predicted molar refractivity (Wildman–Crippen MR) is 66.0 cm³/mol. The third-order valence-corrected chi connectivity index (χ3v) is 2.69. The minimum Gasteiger partial charge on any atom is -0.496 e. The van der Waals surface area contributed by atoms with Gasteiger partial charge in [0.15, 0.2) is 0 Å². The van der Waals surface area contributed by atoms with Gasteiger partial charge in [0.1, 0.15) is 11.9 Å². The highest BCUT2D eigenvalue weighted by molar-refractivity contribution is 5.79. The SMILES string of the molecule is COc1cc(C)c(CNC(=O)C(C)O)cc1C. The van der Waals surface area contributed by atoms with Crippen molar-refractivity contribution in [3.8, 4) is 5.75 Å². The molecule has 1 amide bonds. The van der Waals surface area contributed by atoms with E-state index in [-0.39, 0.29) is 5.91 Å². The zero-order valence-electron chi connectivity index (χ0n) is 10.7. The van der Waals surface area contributed by atoms with E-state index in [9.17, 15) is 4.79 Å². The van der Waals surface area contributed by atoms with Crippen LogP contribution in [0.25, 0.3) is 0 Å². The molecule has 1 rings (SSSR count). The fourth-order valence-electron chi connectivity index (χ4n) is 1.59. The Morgan fingerprint density at radius 2 is 2.06 bits per heavy atom. The molecule has 94 valence electrons.